The van der Waals surface area contributed by atoms with E-state index in [9.17, 15) is 13.6 Å². The van der Waals surface area contributed by atoms with Crippen LogP contribution in [0.4, 0.5) is 19.3 Å². The molecule has 0 bridgehead atoms. The fourth-order valence-electron chi connectivity index (χ4n) is 1.07. The van der Waals surface area contributed by atoms with Crippen LogP contribution in [-0.4, -0.2) is 6.03 Å². The van der Waals surface area contributed by atoms with Crippen molar-refractivity contribution in [2.45, 2.75) is 6.43 Å². The first-order valence-electron chi connectivity index (χ1n) is 4.11. The van der Waals surface area contributed by atoms with Gasteiger partial charge in [-0.3, -0.25) is 5.43 Å². The number of carbonyl (C=O) groups is 1. The molecule has 88 valence electrons. The first-order valence-corrected chi connectivity index (χ1v) is 5.19. The Bertz CT molecular complexity index is 402. The van der Waals surface area contributed by atoms with Gasteiger partial charge in [0, 0.05) is 9.13 Å². The smallest absolute Gasteiger partial charge is 0.274 e. The predicted molar refractivity (Wildman–Crippen MR) is 63.5 cm³/mol. The van der Waals surface area contributed by atoms with E-state index in [1.807, 2.05) is 5.43 Å². The SMILES string of the molecule is NNC(=O)N(N)c1cccc(C(F)F)c1I. The van der Waals surface area contributed by atoms with Crippen molar-refractivity contribution in [1.82, 2.24) is 5.43 Å². The van der Waals surface area contributed by atoms with Gasteiger partial charge >= 0.3 is 6.03 Å². The molecule has 5 nitrogen and oxygen atoms in total. The summed E-state index contributed by atoms with van der Waals surface area (Å²) in [6.07, 6.45) is -2.62. The normalized spacial score (nSPS) is 10.4. The second kappa shape index (κ2) is 5.37. The van der Waals surface area contributed by atoms with Crippen LogP contribution in [-0.2, 0) is 0 Å². The number of alkyl halides is 2. The van der Waals surface area contributed by atoms with E-state index in [-0.39, 0.29) is 14.8 Å². The van der Waals surface area contributed by atoms with E-state index in [0.717, 1.165) is 0 Å². The van der Waals surface area contributed by atoms with Gasteiger partial charge in [0.05, 0.1) is 5.69 Å². The van der Waals surface area contributed by atoms with E-state index in [0.29, 0.717) is 5.01 Å². The van der Waals surface area contributed by atoms with Crippen LogP contribution in [0.5, 0.6) is 0 Å². The number of nitrogens with two attached hydrogens (primary N) is 2. The van der Waals surface area contributed by atoms with E-state index in [2.05, 4.69) is 0 Å². The van der Waals surface area contributed by atoms with Crippen molar-refractivity contribution < 1.29 is 13.6 Å². The average molecular weight is 342 g/mol. The third kappa shape index (κ3) is 2.57. The van der Waals surface area contributed by atoms with Crippen LogP contribution >= 0.6 is 22.6 Å². The summed E-state index contributed by atoms with van der Waals surface area (Å²) in [5, 5.41) is 0.674. The highest BCUT2D eigenvalue weighted by molar-refractivity contribution is 14.1. The van der Waals surface area contributed by atoms with Crippen molar-refractivity contribution in [1.29, 1.82) is 0 Å². The number of amides is 2. The van der Waals surface area contributed by atoms with Gasteiger partial charge in [0.15, 0.2) is 0 Å². The maximum atomic E-state index is 12.6. The minimum absolute atomic E-state index is 0.168. The first kappa shape index (κ1) is 13.1. The molecule has 0 unspecified atom stereocenters. The second-order valence-corrected chi connectivity index (χ2v) is 3.88. The molecule has 0 aliphatic heterocycles. The van der Waals surface area contributed by atoms with Crippen molar-refractivity contribution in [3.05, 3.63) is 27.3 Å². The second-order valence-electron chi connectivity index (χ2n) is 2.80. The van der Waals surface area contributed by atoms with Gasteiger partial charge in [0.2, 0.25) is 0 Å². The largest absolute Gasteiger partial charge is 0.350 e. The Hall–Kier alpha value is -1.00. The number of carbonyl (C=O) groups excluding carboxylic acids is 1. The molecule has 0 spiro atoms. The fraction of sp³-hybridized carbons (Fsp3) is 0.125. The number of anilines is 1. The van der Waals surface area contributed by atoms with Gasteiger partial charge < -0.3 is 0 Å². The minimum atomic E-state index is -2.62. The molecule has 0 saturated carbocycles. The van der Waals surface area contributed by atoms with Gasteiger partial charge in [-0.05, 0) is 28.7 Å². The van der Waals surface area contributed by atoms with Crippen LogP contribution in [0.3, 0.4) is 0 Å². The molecule has 0 atom stereocenters. The van der Waals surface area contributed by atoms with Crippen LogP contribution < -0.4 is 22.1 Å². The van der Waals surface area contributed by atoms with Gasteiger partial charge in [-0.1, -0.05) is 12.1 Å². The number of halogens is 3. The van der Waals surface area contributed by atoms with Gasteiger partial charge in [-0.2, -0.15) is 0 Å². The highest BCUT2D eigenvalue weighted by Crippen LogP contribution is 2.30. The molecule has 0 radical (unpaired) electrons. The predicted octanol–water partition coefficient (Wildman–Crippen LogP) is 1.49. The lowest BCUT2D eigenvalue weighted by atomic mass is 10.2. The van der Waals surface area contributed by atoms with E-state index in [1.54, 1.807) is 22.6 Å². The Morgan fingerprint density at radius 1 is 1.50 bits per heavy atom. The summed E-state index contributed by atoms with van der Waals surface area (Å²) in [5.74, 6) is 10.3. The Morgan fingerprint density at radius 3 is 2.62 bits per heavy atom. The quantitative estimate of drug-likeness (QED) is 0.330. The Labute approximate surface area is 104 Å². The highest BCUT2D eigenvalue weighted by atomic mass is 127. The molecule has 1 aromatic carbocycles. The zero-order valence-electron chi connectivity index (χ0n) is 7.95. The molecule has 0 aliphatic carbocycles. The number of hydrazine groups is 2. The Kier molecular flexibility index (Phi) is 4.38. The number of rotatable bonds is 2. The van der Waals surface area contributed by atoms with E-state index < -0.39 is 12.5 Å². The number of urea groups is 1. The summed E-state index contributed by atoms with van der Waals surface area (Å²) in [5.41, 5.74) is 1.80. The molecule has 1 rings (SSSR count). The lowest BCUT2D eigenvalue weighted by molar-refractivity contribution is 0.150. The third-order valence-electron chi connectivity index (χ3n) is 1.85. The summed E-state index contributed by atoms with van der Waals surface area (Å²) < 4.78 is 25.3. The molecule has 0 aliphatic rings. The Balaban J connectivity index is 3.15. The van der Waals surface area contributed by atoms with Crippen molar-refractivity contribution in [3.8, 4) is 0 Å². The monoisotopic (exact) mass is 342 g/mol. The van der Waals surface area contributed by atoms with Crippen LogP contribution in [0.15, 0.2) is 18.2 Å². The zero-order valence-corrected chi connectivity index (χ0v) is 10.1. The Morgan fingerprint density at radius 2 is 2.12 bits per heavy atom. The van der Waals surface area contributed by atoms with E-state index in [1.165, 1.54) is 18.2 Å². The summed E-state index contributed by atoms with van der Waals surface area (Å²) in [6, 6.07) is 3.32. The van der Waals surface area contributed by atoms with Gasteiger partial charge in [-0.15, -0.1) is 0 Å². The molecule has 1 aromatic rings. The molecule has 2 amide bonds. The number of nitrogens with zero attached hydrogens (tertiary/aromatic N) is 1. The summed E-state index contributed by atoms with van der Waals surface area (Å²) >= 11 is 1.70. The molecular formula is C8H9F2IN4O. The van der Waals surface area contributed by atoms with Crippen molar-refractivity contribution in [3.63, 3.8) is 0 Å². The topological polar surface area (TPSA) is 84.4 Å². The number of hydrogen-bond donors (Lipinski definition) is 3. The summed E-state index contributed by atoms with van der Waals surface area (Å²) in [6.45, 7) is 0. The van der Waals surface area contributed by atoms with Crippen LogP contribution in [0.25, 0.3) is 0 Å². The average Bonchev–Trinajstić information content (AvgIpc) is 2.27. The van der Waals surface area contributed by atoms with E-state index >= 15 is 0 Å². The fourth-order valence-corrected chi connectivity index (χ4v) is 1.93. The molecule has 0 saturated heterocycles. The van der Waals surface area contributed by atoms with Gasteiger partial charge in [-0.25, -0.2) is 30.3 Å². The van der Waals surface area contributed by atoms with Crippen LogP contribution in [0.2, 0.25) is 0 Å². The third-order valence-corrected chi connectivity index (χ3v) is 3.02. The molecule has 5 N–H and O–H groups in total. The maximum Gasteiger partial charge on any atom is 0.350 e. The zero-order chi connectivity index (χ0) is 12.3. The molecule has 0 fully saturated rings. The van der Waals surface area contributed by atoms with Crippen molar-refractivity contribution >= 4 is 34.3 Å². The summed E-state index contributed by atoms with van der Waals surface area (Å²) in [7, 11) is 0. The lowest BCUT2D eigenvalue weighted by Gasteiger charge is -2.18. The molecule has 16 heavy (non-hydrogen) atoms. The molecule has 0 heterocycles. The standard InChI is InChI=1S/C8H9F2IN4O/c9-7(10)4-2-1-3-5(6(4)11)15(13)8(16)14-12/h1-3,7H,12-13H2,(H,14,16). The molecular weight excluding hydrogens is 333 g/mol. The van der Waals surface area contributed by atoms with Gasteiger partial charge in [0.1, 0.15) is 0 Å². The van der Waals surface area contributed by atoms with Crippen LogP contribution in [0.1, 0.15) is 12.0 Å². The van der Waals surface area contributed by atoms with Crippen molar-refractivity contribution in [2.24, 2.45) is 11.7 Å². The van der Waals surface area contributed by atoms with Gasteiger partial charge in [0.25, 0.3) is 6.43 Å². The molecule has 0 aromatic heterocycles. The maximum absolute atomic E-state index is 12.6. The molecule has 8 heteroatoms. The first-order chi connectivity index (χ1) is 7.49. The van der Waals surface area contributed by atoms with Crippen LogP contribution in [0, 0.1) is 3.57 Å². The highest BCUT2D eigenvalue weighted by Gasteiger charge is 2.19. The van der Waals surface area contributed by atoms with Crippen molar-refractivity contribution in [2.75, 3.05) is 5.01 Å². The number of nitrogens with one attached hydrogen (secondary N) is 1. The summed E-state index contributed by atoms with van der Waals surface area (Å²) in [4.78, 5) is 11.1. The lowest BCUT2D eigenvalue weighted by Crippen LogP contribution is -2.48. The number of hydrogen-bond acceptors (Lipinski definition) is 3. The number of benzene rings is 1. The van der Waals surface area contributed by atoms with E-state index in [4.69, 9.17) is 11.7 Å². The minimum Gasteiger partial charge on any atom is -0.274 e.